The zero-order valence-corrected chi connectivity index (χ0v) is 21.5. The lowest BCUT2D eigenvalue weighted by molar-refractivity contribution is 0.0697. The number of fused-ring (bicyclic) bond motifs is 1. The van der Waals surface area contributed by atoms with E-state index in [0.717, 1.165) is 64.3 Å². The van der Waals surface area contributed by atoms with Crippen LogP contribution >= 0.6 is 11.6 Å². The quantitative estimate of drug-likeness (QED) is 0.375. The summed E-state index contributed by atoms with van der Waals surface area (Å²) in [5.41, 5.74) is 7.29. The molecule has 12 nitrogen and oxygen atoms in total. The zero-order chi connectivity index (χ0) is 26.2. The van der Waals surface area contributed by atoms with Crippen LogP contribution < -0.4 is 15.5 Å². The van der Waals surface area contributed by atoms with Crippen LogP contribution in [0.2, 0.25) is 5.02 Å². The molecule has 5 heterocycles. The lowest BCUT2D eigenvalue weighted by Crippen LogP contribution is -2.50. The second-order valence-electron chi connectivity index (χ2n) is 9.72. The van der Waals surface area contributed by atoms with E-state index in [0.29, 0.717) is 34.3 Å². The van der Waals surface area contributed by atoms with Crippen molar-refractivity contribution in [2.24, 2.45) is 5.92 Å². The largest absolute Gasteiger partial charge is 0.478 e. The molecule has 1 atom stereocenters. The van der Waals surface area contributed by atoms with Gasteiger partial charge in [0.1, 0.15) is 0 Å². The number of nitrogens with zero attached hydrogens (tertiary/aromatic N) is 8. The average Bonchev–Trinajstić information content (AvgIpc) is 3.60. The fourth-order valence-electron chi connectivity index (χ4n) is 5.27. The third-order valence-electron chi connectivity index (χ3n) is 7.19. The molecule has 2 fully saturated rings. The number of piperidine rings is 1. The number of anilines is 3. The van der Waals surface area contributed by atoms with Gasteiger partial charge in [-0.1, -0.05) is 11.6 Å². The summed E-state index contributed by atoms with van der Waals surface area (Å²) in [7, 11) is 0. The monoisotopic (exact) mass is 537 g/mol. The summed E-state index contributed by atoms with van der Waals surface area (Å²) >= 11 is 6.39. The number of nitrogen functional groups attached to an aromatic ring is 1. The normalized spacial score (nSPS) is 18.8. The maximum atomic E-state index is 11.2. The molecule has 13 heteroatoms. The van der Waals surface area contributed by atoms with Crippen LogP contribution in [-0.4, -0.2) is 86.4 Å². The number of rotatable bonds is 6. The van der Waals surface area contributed by atoms with Crippen molar-refractivity contribution in [2.75, 3.05) is 61.3 Å². The van der Waals surface area contributed by atoms with E-state index in [2.05, 4.69) is 34.8 Å². The van der Waals surface area contributed by atoms with Gasteiger partial charge in [0.2, 0.25) is 17.7 Å². The van der Waals surface area contributed by atoms with Crippen molar-refractivity contribution in [3.8, 4) is 11.6 Å². The number of carbonyl (C=O) groups is 1. The molecule has 2 saturated heterocycles. The third kappa shape index (κ3) is 4.84. The van der Waals surface area contributed by atoms with E-state index in [4.69, 9.17) is 21.8 Å². The summed E-state index contributed by atoms with van der Waals surface area (Å²) in [6, 6.07) is 8.50. The Bertz CT molecular complexity index is 1450. The summed E-state index contributed by atoms with van der Waals surface area (Å²) in [5.74, 6) is 1.68. The minimum atomic E-state index is -0.974. The first-order valence-electron chi connectivity index (χ1n) is 12.6. The summed E-state index contributed by atoms with van der Waals surface area (Å²) in [5, 5.41) is 14.0. The van der Waals surface area contributed by atoms with Crippen LogP contribution in [0.4, 0.5) is 17.6 Å². The molecule has 4 aromatic rings. The number of piperazine rings is 1. The topological polar surface area (TPSA) is 142 Å². The highest BCUT2D eigenvalue weighted by molar-refractivity contribution is 6.33. The Kier molecular flexibility index (Phi) is 6.50. The lowest BCUT2D eigenvalue weighted by Gasteiger charge is -2.40. The van der Waals surface area contributed by atoms with E-state index < -0.39 is 5.97 Å². The smallest absolute Gasteiger partial charge is 0.335 e. The minimum Gasteiger partial charge on any atom is -0.478 e. The number of hydrogen-bond donors (Lipinski definition) is 2. The molecular weight excluding hydrogens is 510 g/mol. The van der Waals surface area contributed by atoms with Crippen molar-refractivity contribution in [3.63, 3.8) is 0 Å². The van der Waals surface area contributed by atoms with Gasteiger partial charge >= 0.3 is 5.97 Å². The third-order valence-corrected chi connectivity index (χ3v) is 7.49. The average molecular weight is 538 g/mol. The van der Waals surface area contributed by atoms with Gasteiger partial charge in [0.05, 0.1) is 22.5 Å². The van der Waals surface area contributed by atoms with Crippen molar-refractivity contribution in [2.45, 2.75) is 12.8 Å². The van der Waals surface area contributed by atoms with Crippen molar-refractivity contribution in [1.82, 2.24) is 29.5 Å². The van der Waals surface area contributed by atoms with E-state index >= 15 is 0 Å². The maximum absolute atomic E-state index is 11.2. The highest BCUT2D eigenvalue weighted by Gasteiger charge is 2.27. The molecule has 3 N–H and O–H groups in total. The van der Waals surface area contributed by atoms with Crippen molar-refractivity contribution in [1.29, 1.82) is 0 Å². The van der Waals surface area contributed by atoms with Crippen LogP contribution in [0.25, 0.3) is 17.4 Å². The molecule has 0 saturated carbocycles. The van der Waals surface area contributed by atoms with E-state index in [1.807, 2.05) is 0 Å². The van der Waals surface area contributed by atoms with Gasteiger partial charge in [-0.15, -0.1) is 5.10 Å². The Morgan fingerprint density at radius 3 is 2.68 bits per heavy atom. The van der Waals surface area contributed by atoms with Crippen LogP contribution in [0, 0.1) is 5.92 Å². The molecule has 2 aliphatic heterocycles. The molecule has 1 aromatic carbocycles. The molecule has 0 radical (unpaired) electrons. The molecule has 3 aromatic heterocycles. The first-order valence-corrected chi connectivity index (χ1v) is 13.0. The molecule has 6 rings (SSSR count). The summed E-state index contributed by atoms with van der Waals surface area (Å²) < 4.78 is 6.83. The number of hydrogen-bond acceptors (Lipinski definition) is 10. The van der Waals surface area contributed by atoms with Crippen LogP contribution in [0.15, 0.2) is 41.0 Å². The number of nitrogens with two attached hydrogens (primary N) is 1. The number of aromatic carboxylic acids is 1. The van der Waals surface area contributed by atoms with Crippen LogP contribution in [-0.2, 0) is 0 Å². The summed E-state index contributed by atoms with van der Waals surface area (Å²) in [6.07, 6.45) is 3.77. The zero-order valence-electron chi connectivity index (χ0n) is 20.7. The van der Waals surface area contributed by atoms with Crippen LogP contribution in [0.3, 0.4) is 0 Å². The number of benzene rings is 1. The van der Waals surface area contributed by atoms with Crippen LogP contribution in [0.5, 0.6) is 0 Å². The van der Waals surface area contributed by atoms with Gasteiger partial charge in [-0.25, -0.2) is 4.79 Å². The Labute approximate surface area is 223 Å². The first-order chi connectivity index (χ1) is 18.4. The number of carboxylic acids is 1. The highest BCUT2D eigenvalue weighted by Crippen LogP contribution is 2.29. The minimum absolute atomic E-state index is 0.200. The second kappa shape index (κ2) is 10.1. The fourth-order valence-corrected chi connectivity index (χ4v) is 5.57. The molecule has 0 bridgehead atoms. The molecule has 0 spiro atoms. The summed E-state index contributed by atoms with van der Waals surface area (Å²) in [4.78, 5) is 31.8. The first kappa shape index (κ1) is 24.4. The molecule has 2 aliphatic rings. The fraction of sp³-hybridized carbons (Fsp3) is 0.400. The van der Waals surface area contributed by atoms with Gasteiger partial charge in [-0.05, 0) is 49.1 Å². The van der Waals surface area contributed by atoms with Crippen molar-refractivity contribution >= 4 is 40.9 Å². The van der Waals surface area contributed by atoms with Crippen LogP contribution in [0.1, 0.15) is 23.2 Å². The lowest BCUT2D eigenvalue weighted by atomic mass is 9.97. The second-order valence-corrected chi connectivity index (χ2v) is 10.1. The van der Waals surface area contributed by atoms with E-state index in [-0.39, 0.29) is 11.5 Å². The Morgan fingerprint density at radius 2 is 1.95 bits per heavy atom. The number of halogens is 1. The van der Waals surface area contributed by atoms with E-state index in [1.54, 1.807) is 30.5 Å². The summed E-state index contributed by atoms with van der Waals surface area (Å²) in [6.45, 7) is 6.20. The Balaban J connectivity index is 1.08. The number of aromatic nitrogens is 5. The molecule has 0 amide bonds. The number of furan rings is 1. The van der Waals surface area contributed by atoms with Gasteiger partial charge in [0.15, 0.2) is 5.76 Å². The Hall–Kier alpha value is -3.90. The highest BCUT2D eigenvalue weighted by atomic mass is 35.5. The number of carboxylic acid groups (broad SMARTS) is 1. The van der Waals surface area contributed by atoms with Gasteiger partial charge < -0.3 is 25.1 Å². The Morgan fingerprint density at radius 1 is 1.11 bits per heavy atom. The van der Waals surface area contributed by atoms with E-state index in [9.17, 15) is 9.90 Å². The molecule has 38 heavy (non-hydrogen) atoms. The SMILES string of the molecule is Nc1nc(N2CCC[C@@H](CN3CCN(c4ccc(C(=O)O)cc4Cl)CC3)C2)nc2nc(-c3ccco3)nn12. The molecule has 0 aliphatic carbocycles. The van der Waals surface area contributed by atoms with Gasteiger partial charge in [-0.2, -0.15) is 19.5 Å². The van der Waals surface area contributed by atoms with E-state index in [1.165, 1.54) is 10.6 Å². The van der Waals surface area contributed by atoms with Gasteiger partial charge in [-0.3, -0.25) is 4.90 Å². The van der Waals surface area contributed by atoms with Crippen molar-refractivity contribution in [3.05, 3.63) is 47.2 Å². The molecule has 0 unspecified atom stereocenters. The van der Waals surface area contributed by atoms with Gasteiger partial charge in [0, 0.05) is 45.8 Å². The predicted octanol–water partition coefficient (Wildman–Crippen LogP) is 2.75. The maximum Gasteiger partial charge on any atom is 0.335 e. The van der Waals surface area contributed by atoms with Crippen molar-refractivity contribution < 1.29 is 14.3 Å². The molecule has 198 valence electrons. The molecular formula is C25H28ClN9O3. The van der Waals surface area contributed by atoms with Gasteiger partial charge in [0.25, 0.3) is 5.78 Å². The predicted molar refractivity (Wildman–Crippen MR) is 143 cm³/mol. The standard InChI is InChI=1S/C25H28ClN9O3/c26-18-13-17(22(36)37)5-6-19(18)33-10-8-32(9-11-33)14-16-3-1-7-34(15-16)24-29-23(27)35-25(30-24)28-21(31-35)20-4-2-12-38-20/h2,4-6,12-13,16H,1,3,7-11,14-15H2,(H,36,37)(H2,27,28,29,30,31)/t16-/m0/s1.